The van der Waals surface area contributed by atoms with Gasteiger partial charge >= 0.3 is 0 Å². The molecule has 1 aromatic heterocycles. The van der Waals surface area contributed by atoms with Crippen LogP contribution in [-0.4, -0.2) is 55.7 Å². The van der Waals surface area contributed by atoms with Crippen LogP contribution in [-0.2, 0) is 16.1 Å². The molecule has 2 N–H and O–H groups in total. The zero-order chi connectivity index (χ0) is 31.1. The Hall–Kier alpha value is -4.33. The number of pyridine rings is 1. The number of aromatic nitrogens is 1. The lowest BCUT2D eigenvalue weighted by Gasteiger charge is -2.19. The monoisotopic (exact) mass is 631 g/mol. The largest absolute Gasteiger partial charge is 0.487 e. The Morgan fingerprint density at radius 1 is 1.16 bits per heavy atom. The maximum absolute atomic E-state index is 12.8. The fourth-order valence-corrected chi connectivity index (χ4v) is 4.91. The predicted molar refractivity (Wildman–Crippen MR) is 173 cm³/mol. The third kappa shape index (κ3) is 7.98. The van der Waals surface area contributed by atoms with Gasteiger partial charge in [-0.2, -0.15) is 5.26 Å². The van der Waals surface area contributed by atoms with Gasteiger partial charge in [-0.15, -0.1) is 0 Å². The molecule has 1 fully saturated rings. The number of nitrogens with zero attached hydrogens (tertiary/aromatic N) is 3. The highest BCUT2D eigenvalue weighted by Crippen LogP contribution is 2.38. The molecule has 0 saturated carbocycles. The minimum Gasteiger partial charge on any atom is -0.487 e. The first kappa shape index (κ1) is 31.1. The van der Waals surface area contributed by atoms with Gasteiger partial charge in [0.1, 0.15) is 30.3 Å². The first-order valence-corrected chi connectivity index (χ1v) is 14.7. The molecule has 1 aliphatic rings. The van der Waals surface area contributed by atoms with Gasteiger partial charge < -0.3 is 29.7 Å². The topological polar surface area (TPSA) is 109 Å². The highest BCUT2D eigenvalue weighted by atomic mass is 35.5. The van der Waals surface area contributed by atoms with E-state index in [1.165, 1.54) is 12.3 Å². The van der Waals surface area contributed by atoms with E-state index in [1.54, 1.807) is 42.5 Å². The second-order valence-corrected chi connectivity index (χ2v) is 11.3. The van der Waals surface area contributed by atoms with Crippen molar-refractivity contribution in [2.75, 3.05) is 44.5 Å². The number of rotatable bonds is 11. The number of benzene rings is 3. The van der Waals surface area contributed by atoms with Crippen molar-refractivity contribution in [2.24, 2.45) is 0 Å². The standard InChI is InChI=1S/C33H31Cl2N5O4/c1-40(2)12-3-4-32(41)39-29-15-26-28(16-31(29)44-25-11-13-42-20-25)37-18-22(17-36)33(26)38-24-9-10-30(27(35)14-24)43-19-21-5-7-23(34)8-6-21/h3-10,14-16,18,25H,11-13,19-20H2,1-2H3,(H,37,38)(H,39,41). The van der Waals surface area contributed by atoms with Crippen molar-refractivity contribution in [1.29, 1.82) is 5.26 Å². The van der Waals surface area contributed by atoms with E-state index in [0.717, 1.165) is 12.0 Å². The van der Waals surface area contributed by atoms with Crippen molar-refractivity contribution in [1.82, 2.24) is 9.88 Å². The molecule has 1 amide bonds. The molecule has 0 spiro atoms. The number of nitrogens with one attached hydrogen (secondary N) is 2. The molecular formula is C33H31Cl2N5O4. The van der Waals surface area contributed by atoms with Crippen molar-refractivity contribution in [3.05, 3.63) is 94.1 Å². The Kier molecular flexibility index (Phi) is 10.2. The summed E-state index contributed by atoms with van der Waals surface area (Å²) in [5.74, 6) is 0.673. The van der Waals surface area contributed by atoms with Crippen LogP contribution in [0.25, 0.3) is 10.9 Å². The van der Waals surface area contributed by atoms with E-state index < -0.39 is 0 Å². The van der Waals surface area contributed by atoms with Crippen LogP contribution in [0.4, 0.5) is 17.1 Å². The number of nitriles is 1. The number of ether oxygens (including phenoxy) is 3. The van der Waals surface area contributed by atoms with Crippen molar-refractivity contribution >= 4 is 57.1 Å². The van der Waals surface area contributed by atoms with E-state index in [0.29, 0.717) is 81.4 Å². The average molecular weight is 633 g/mol. The van der Waals surface area contributed by atoms with Crippen LogP contribution in [0.3, 0.4) is 0 Å². The molecule has 0 bridgehead atoms. The summed E-state index contributed by atoms with van der Waals surface area (Å²) in [4.78, 5) is 19.3. The second kappa shape index (κ2) is 14.4. The zero-order valence-electron chi connectivity index (χ0n) is 24.3. The number of hydrogen-bond donors (Lipinski definition) is 2. The van der Waals surface area contributed by atoms with Crippen molar-refractivity contribution < 1.29 is 19.0 Å². The van der Waals surface area contributed by atoms with E-state index in [4.69, 9.17) is 37.4 Å². The van der Waals surface area contributed by atoms with E-state index in [-0.39, 0.29) is 12.0 Å². The number of fused-ring (bicyclic) bond motifs is 1. The van der Waals surface area contributed by atoms with Gasteiger partial charge in [0.2, 0.25) is 5.91 Å². The quantitative estimate of drug-likeness (QED) is 0.171. The lowest BCUT2D eigenvalue weighted by Crippen LogP contribution is -2.18. The lowest BCUT2D eigenvalue weighted by molar-refractivity contribution is -0.111. The zero-order valence-corrected chi connectivity index (χ0v) is 25.8. The molecule has 4 aromatic rings. The summed E-state index contributed by atoms with van der Waals surface area (Å²) in [7, 11) is 3.84. The van der Waals surface area contributed by atoms with Gasteiger partial charge in [-0.05, 0) is 56.1 Å². The van der Waals surface area contributed by atoms with Crippen molar-refractivity contribution in [2.45, 2.75) is 19.1 Å². The van der Waals surface area contributed by atoms with Crippen LogP contribution >= 0.6 is 23.2 Å². The number of anilines is 3. The number of hydrogen-bond acceptors (Lipinski definition) is 8. The normalized spacial score (nSPS) is 14.6. The molecule has 5 rings (SSSR count). The van der Waals surface area contributed by atoms with E-state index in [1.807, 2.05) is 37.2 Å². The van der Waals surface area contributed by atoms with E-state index >= 15 is 0 Å². The first-order chi connectivity index (χ1) is 21.3. The molecule has 1 aliphatic heterocycles. The van der Waals surface area contributed by atoms with Crippen LogP contribution in [0.2, 0.25) is 10.0 Å². The van der Waals surface area contributed by atoms with Crippen LogP contribution in [0.15, 0.2) is 72.9 Å². The fraction of sp³-hybridized carbons (Fsp3) is 0.242. The summed E-state index contributed by atoms with van der Waals surface area (Å²) in [5, 5.41) is 17.9. The molecular weight excluding hydrogens is 601 g/mol. The highest BCUT2D eigenvalue weighted by Gasteiger charge is 2.21. The van der Waals surface area contributed by atoms with Gasteiger partial charge in [-0.3, -0.25) is 9.78 Å². The molecule has 9 nitrogen and oxygen atoms in total. The van der Waals surface area contributed by atoms with Gasteiger partial charge in [-0.25, -0.2) is 0 Å². The third-order valence-electron chi connectivity index (χ3n) is 6.78. The average Bonchev–Trinajstić information content (AvgIpc) is 3.51. The van der Waals surface area contributed by atoms with Crippen molar-refractivity contribution in [3.63, 3.8) is 0 Å². The van der Waals surface area contributed by atoms with Gasteiger partial charge in [0.25, 0.3) is 0 Å². The second-order valence-electron chi connectivity index (χ2n) is 10.5. The van der Waals surface area contributed by atoms with Crippen LogP contribution in [0.5, 0.6) is 11.5 Å². The summed E-state index contributed by atoms with van der Waals surface area (Å²) in [6, 6.07) is 18.4. The third-order valence-corrected chi connectivity index (χ3v) is 7.33. The molecule has 11 heteroatoms. The molecule has 1 atom stereocenters. The number of carbonyl (C=O) groups excluding carboxylic acids is 1. The number of likely N-dealkylation sites (N-methyl/N-ethyl adjacent to an activating group) is 1. The van der Waals surface area contributed by atoms with Crippen molar-refractivity contribution in [3.8, 4) is 17.6 Å². The Balaban J connectivity index is 1.44. The maximum Gasteiger partial charge on any atom is 0.248 e. The van der Waals surface area contributed by atoms with Crippen LogP contribution < -0.4 is 20.1 Å². The Labute approximate surface area is 265 Å². The van der Waals surface area contributed by atoms with Gasteiger partial charge in [-0.1, -0.05) is 41.4 Å². The van der Waals surface area contributed by atoms with Crippen LogP contribution in [0.1, 0.15) is 17.5 Å². The lowest BCUT2D eigenvalue weighted by atomic mass is 10.1. The highest BCUT2D eigenvalue weighted by molar-refractivity contribution is 6.32. The molecule has 1 unspecified atom stereocenters. The minimum absolute atomic E-state index is 0.147. The maximum atomic E-state index is 12.8. The Bertz CT molecular complexity index is 1710. The fourth-order valence-electron chi connectivity index (χ4n) is 4.55. The van der Waals surface area contributed by atoms with Gasteiger partial charge in [0, 0.05) is 47.4 Å². The van der Waals surface area contributed by atoms with E-state index in [2.05, 4.69) is 21.7 Å². The summed E-state index contributed by atoms with van der Waals surface area (Å²) in [6.07, 6.45) is 5.35. The van der Waals surface area contributed by atoms with Gasteiger partial charge in [0.05, 0.1) is 40.7 Å². The predicted octanol–water partition coefficient (Wildman–Crippen LogP) is 6.96. The Morgan fingerprint density at radius 3 is 2.68 bits per heavy atom. The number of amides is 1. The summed E-state index contributed by atoms with van der Waals surface area (Å²) < 4.78 is 17.6. The summed E-state index contributed by atoms with van der Waals surface area (Å²) in [6.45, 7) is 2.01. The minimum atomic E-state index is -0.307. The number of halogens is 2. The van der Waals surface area contributed by atoms with Crippen LogP contribution in [0, 0.1) is 11.3 Å². The van der Waals surface area contributed by atoms with Gasteiger partial charge in [0.15, 0.2) is 0 Å². The smallest absolute Gasteiger partial charge is 0.248 e. The SMILES string of the molecule is CN(C)CC=CC(=O)Nc1cc2c(Nc3ccc(OCc4ccc(Cl)cc4)c(Cl)c3)c(C#N)cnc2cc1OC1CCOC1. The molecule has 3 aromatic carbocycles. The number of carbonyl (C=O) groups is 1. The molecule has 44 heavy (non-hydrogen) atoms. The summed E-state index contributed by atoms with van der Waals surface area (Å²) >= 11 is 12.5. The first-order valence-electron chi connectivity index (χ1n) is 14.0. The molecule has 1 saturated heterocycles. The Morgan fingerprint density at radius 2 is 1.98 bits per heavy atom. The summed E-state index contributed by atoms with van der Waals surface area (Å²) in [5.41, 5.74) is 3.45. The molecule has 0 radical (unpaired) electrons. The molecule has 226 valence electrons. The molecule has 2 heterocycles. The molecule has 0 aliphatic carbocycles. The van der Waals surface area contributed by atoms with E-state index in [9.17, 15) is 10.1 Å².